The van der Waals surface area contributed by atoms with Gasteiger partial charge in [-0.15, -0.1) is 0 Å². The van der Waals surface area contributed by atoms with Gasteiger partial charge in [-0.2, -0.15) is 0 Å². The zero-order valence-electron chi connectivity index (χ0n) is 16.9. The van der Waals surface area contributed by atoms with Crippen LogP contribution in [0.4, 0.5) is 0 Å². The highest BCUT2D eigenvalue weighted by Crippen LogP contribution is 2.28. The van der Waals surface area contributed by atoms with Crippen LogP contribution in [-0.2, 0) is 20.7 Å². The molecule has 0 saturated carbocycles. The molecule has 154 valence electrons. The van der Waals surface area contributed by atoms with Gasteiger partial charge in [0.2, 0.25) is 5.91 Å². The molecule has 0 aliphatic heterocycles. The first-order valence-corrected chi connectivity index (χ1v) is 8.92. The van der Waals surface area contributed by atoms with Crippen LogP contribution in [-0.4, -0.2) is 46.4 Å². The quantitative estimate of drug-likeness (QED) is 0.516. The highest BCUT2D eigenvalue weighted by atomic mass is 16.5. The van der Waals surface area contributed by atoms with E-state index in [1.54, 1.807) is 50.6 Å². The first-order valence-electron chi connectivity index (χ1n) is 8.92. The third-order valence-corrected chi connectivity index (χ3v) is 4.23. The van der Waals surface area contributed by atoms with Crippen LogP contribution < -0.4 is 19.5 Å². The molecule has 0 radical (unpaired) electrons. The summed E-state index contributed by atoms with van der Waals surface area (Å²) < 4.78 is 20.4. The molecule has 0 heterocycles. The summed E-state index contributed by atoms with van der Waals surface area (Å²) in [6.45, 7) is 0. The molecule has 7 nitrogen and oxygen atoms in total. The summed E-state index contributed by atoms with van der Waals surface area (Å²) in [5.41, 5.74) is 1.62. The van der Waals surface area contributed by atoms with E-state index in [1.807, 2.05) is 12.1 Å². The van der Waals surface area contributed by atoms with Crippen LogP contribution in [0.5, 0.6) is 17.2 Å². The summed E-state index contributed by atoms with van der Waals surface area (Å²) in [5, 5.41) is 2.68. The summed E-state index contributed by atoms with van der Waals surface area (Å²) in [7, 11) is 5.95. The van der Waals surface area contributed by atoms with Gasteiger partial charge in [0.25, 0.3) is 0 Å². The Morgan fingerprint density at radius 3 is 2.21 bits per heavy atom. The average Bonchev–Trinajstić information content (AvgIpc) is 2.76. The Bertz CT molecular complexity index is 860. The Morgan fingerprint density at radius 1 is 0.931 bits per heavy atom. The van der Waals surface area contributed by atoms with Crippen molar-refractivity contribution in [3.8, 4) is 17.2 Å². The minimum atomic E-state index is -0.842. The molecule has 0 bridgehead atoms. The Morgan fingerprint density at radius 2 is 1.62 bits per heavy atom. The zero-order chi connectivity index (χ0) is 21.2. The number of hydrogen-bond acceptors (Lipinski definition) is 6. The van der Waals surface area contributed by atoms with Gasteiger partial charge in [0.05, 0.1) is 28.4 Å². The molecule has 0 aliphatic rings. The molecule has 1 amide bonds. The molecule has 1 N–H and O–H groups in total. The lowest BCUT2D eigenvalue weighted by Crippen LogP contribution is -2.42. The Hall–Kier alpha value is -3.48. The SMILES string of the molecule is COC(=O)[C@H](Cc1ccc(OC)c(OC)c1)NC(=O)/C=C/c1ccc(OC)cc1. The van der Waals surface area contributed by atoms with E-state index in [4.69, 9.17) is 18.9 Å². The van der Waals surface area contributed by atoms with Crippen molar-refractivity contribution >= 4 is 18.0 Å². The van der Waals surface area contributed by atoms with E-state index in [2.05, 4.69) is 5.32 Å². The normalized spacial score (nSPS) is 11.6. The molecule has 0 aliphatic carbocycles. The molecule has 7 heteroatoms. The van der Waals surface area contributed by atoms with Crippen molar-refractivity contribution in [1.82, 2.24) is 5.32 Å². The molecule has 0 unspecified atom stereocenters. The first-order chi connectivity index (χ1) is 14.0. The largest absolute Gasteiger partial charge is 0.497 e. The number of ether oxygens (including phenoxy) is 4. The number of methoxy groups -OCH3 is 4. The molecule has 0 aromatic heterocycles. The van der Waals surface area contributed by atoms with E-state index in [1.165, 1.54) is 20.3 Å². The number of amides is 1. The van der Waals surface area contributed by atoms with Crippen LogP contribution in [0.3, 0.4) is 0 Å². The van der Waals surface area contributed by atoms with Crippen molar-refractivity contribution in [2.24, 2.45) is 0 Å². The molecule has 1 atom stereocenters. The van der Waals surface area contributed by atoms with E-state index in [9.17, 15) is 9.59 Å². The summed E-state index contributed by atoms with van der Waals surface area (Å²) >= 11 is 0. The lowest BCUT2D eigenvalue weighted by Gasteiger charge is -2.16. The van der Waals surface area contributed by atoms with E-state index in [0.29, 0.717) is 11.5 Å². The summed E-state index contributed by atoms with van der Waals surface area (Å²) in [6, 6.07) is 11.7. The monoisotopic (exact) mass is 399 g/mol. The van der Waals surface area contributed by atoms with Crippen molar-refractivity contribution in [1.29, 1.82) is 0 Å². The average molecular weight is 399 g/mol. The van der Waals surface area contributed by atoms with Crippen molar-refractivity contribution in [2.45, 2.75) is 12.5 Å². The first kappa shape index (κ1) is 21.8. The topological polar surface area (TPSA) is 83.1 Å². The molecular formula is C22H25NO6. The van der Waals surface area contributed by atoms with Gasteiger partial charge in [0, 0.05) is 12.5 Å². The second kappa shape index (κ2) is 10.8. The maximum absolute atomic E-state index is 12.3. The fourth-order valence-corrected chi connectivity index (χ4v) is 2.69. The van der Waals surface area contributed by atoms with Gasteiger partial charge in [-0.05, 0) is 41.5 Å². The molecule has 0 spiro atoms. The molecular weight excluding hydrogens is 374 g/mol. The Labute approximate surface area is 170 Å². The van der Waals surface area contributed by atoms with Crippen LogP contribution in [0.2, 0.25) is 0 Å². The summed E-state index contributed by atoms with van der Waals surface area (Å²) in [5.74, 6) is 0.909. The lowest BCUT2D eigenvalue weighted by molar-refractivity contribution is -0.144. The molecule has 2 rings (SSSR count). The van der Waals surface area contributed by atoms with Crippen LogP contribution in [0.15, 0.2) is 48.5 Å². The number of hydrogen-bond donors (Lipinski definition) is 1. The predicted octanol–water partition coefficient (Wildman–Crippen LogP) is 2.63. The van der Waals surface area contributed by atoms with E-state index in [-0.39, 0.29) is 6.42 Å². The van der Waals surface area contributed by atoms with Crippen LogP contribution in [0.25, 0.3) is 6.08 Å². The fourth-order valence-electron chi connectivity index (χ4n) is 2.69. The molecule has 2 aromatic rings. The highest BCUT2D eigenvalue weighted by Gasteiger charge is 2.21. The minimum Gasteiger partial charge on any atom is -0.497 e. The number of nitrogens with one attached hydrogen (secondary N) is 1. The van der Waals surface area contributed by atoms with Gasteiger partial charge < -0.3 is 24.3 Å². The van der Waals surface area contributed by atoms with Gasteiger partial charge >= 0.3 is 5.97 Å². The number of benzene rings is 2. The molecule has 0 saturated heterocycles. The van der Waals surface area contributed by atoms with Crippen LogP contribution in [0.1, 0.15) is 11.1 Å². The predicted molar refractivity (Wildman–Crippen MR) is 109 cm³/mol. The molecule has 2 aromatic carbocycles. The van der Waals surface area contributed by atoms with E-state index in [0.717, 1.165) is 16.9 Å². The zero-order valence-corrected chi connectivity index (χ0v) is 16.9. The van der Waals surface area contributed by atoms with Crippen molar-refractivity contribution in [2.75, 3.05) is 28.4 Å². The standard InChI is InChI=1S/C22H25NO6/c1-26-17-9-5-15(6-10-17)8-12-21(24)23-18(22(25)29-4)13-16-7-11-19(27-2)20(14-16)28-3/h5-12,14,18H,13H2,1-4H3,(H,23,24)/b12-8+/t18-/m0/s1. The lowest BCUT2D eigenvalue weighted by atomic mass is 10.0. The Balaban J connectivity index is 2.08. The van der Waals surface area contributed by atoms with Crippen molar-refractivity contribution < 1.29 is 28.5 Å². The number of carbonyl (C=O) groups is 2. The number of rotatable bonds is 9. The summed E-state index contributed by atoms with van der Waals surface area (Å²) in [6.07, 6.45) is 3.26. The second-order valence-electron chi connectivity index (χ2n) is 6.08. The van der Waals surface area contributed by atoms with Gasteiger partial charge in [-0.1, -0.05) is 18.2 Å². The van der Waals surface area contributed by atoms with Gasteiger partial charge in [-0.3, -0.25) is 4.79 Å². The maximum atomic E-state index is 12.3. The molecule has 0 fully saturated rings. The van der Waals surface area contributed by atoms with Crippen molar-refractivity contribution in [3.05, 3.63) is 59.7 Å². The highest BCUT2D eigenvalue weighted by molar-refractivity contribution is 5.94. The summed E-state index contributed by atoms with van der Waals surface area (Å²) in [4.78, 5) is 24.5. The van der Waals surface area contributed by atoms with Gasteiger partial charge in [0.1, 0.15) is 11.8 Å². The second-order valence-corrected chi connectivity index (χ2v) is 6.08. The maximum Gasteiger partial charge on any atom is 0.328 e. The minimum absolute atomic E-state index is 0.245. The smallest absolute Gasteiger partial charge is 0.328 e. The van der Waals surface area contributed by atoms with Crippen LogP contribution >= 0.6 is 0 Å². The number of esters is 1. The van der Waals surface area contributed by atoms with Crippen LogP contribution in [0, 0.1) is 0 Å². The van der Waals surface area contributed by atoms with Gasteiger partial charge in [-0.25, -0.2) is 4.79 Å². The fraction of sp³-hybridized carbons (Fsp3) is 0.273. The number of carbonyl (C=O) groups excluding carboxylic acids is 2. The van der Waals surface area contributed by atoms with E-state index < -0.39 is 17.9 Å². The van der Waals surface area contributed by atoms with E-state index >= 15 is 0 Å². The molecule has 29 heavy (non-hydrogen) atoms. The third kappa shape index (κ3) is 6.27. The third-order valence-electron chi connectivity index (χ3n) is 4.23. The van der Waals surface area contributed by atoms with Crippen molar-refractivity contribution in [3.63, 3.8) is 0 Å². The Kier molecular flexibility index (Phi) is 8.09. The van der Waals surface area contributed by atoms with Gasteiger partial charge in [0.15, 0.2) is 11.5 Å².